The molecule has 0 bridgehead atoms. The van der Waals surface area contributed by atoms with Gasteiger partial charge in [0.2, 0.25) is 0 Å². The van der Waals surface area contributed by atoms with Crippen LogP contribution in [0, 0.1) is 5.92 Å². The average molecular weight is 367 g/mol. The molecule has 1 aliphatic carbocycles. The van der Waals surface area contributed by atoms with E-state index in [1.165, 1.54) is 24.2 Å². The minimum atomic E-state index is 0.0959. The van der Waals surface area contributed by atoms with E-state index in [0.717, 1.165) is 34.1 Å². The predicted molar refractivity (Wildman–Crippen MR) is 92.9 cm³/mol. The van der Waals surface area contributed by atoms with Crippen LogP contribution in [-0.4, -0.2) is 23.9 Å². The first-order chi connectivity index (χ1) is 10.1. The van der Waals surface area contributed by atoms with Crippen LogP contribution in [0.3, 0.4) is 0 Å². The van der Waals surface area contributed by atoms with Crippen molar-refractivity contribution >= 4 is 48.9 Å². The number of hydrogen-bond donors (Lipinski definition) is 1. The number of carbonyl (C=O) groups excluding carboxylic acids is 1. The highest BCUT2D eigenvalue weighted by atomic mass is 79.9. The van der Waals surface area contributed by atoms with Crippen LogP contribution in [0.2, 0.25) is 0 Å². The second-order valence-electron chi connectivity index (χ2n) is 5.68. The van der Waals surface area contributed by atoms with Crippen LogP contribution < -0.4 is 5.73 Å². The summed E-state index contributed by atoms with van der Waals surface area (Å²) in [5.74, 6) is 0.795. The van der Waals surface area contributed by atoms with Gasteiger partial charge in [-0.2, -0.15) is 0 Å². The zero-order valence-corrected chi connectivity index (χ0v) is 14.5. The molecular weight excluding hydrogens is 348 g/mol. The lowest BCUT2D eigenvalue weighted by Gasteiger charge is -2.21. The quantitative estimate of drug-likeness (QED) is 0.845. The number of nitrogens with zero attached hydrogens (tertiary/aromatic N) is 1. The molecule has 3 rings (SSSR count). The summed E-state index contributed by atoms with van der Waals surface area (Å²) >= 11 is 4.97. The van der Waals surface area contributed by atoms with Gasteiger partial charge in [0.05, 0.1) is 5.69 Å². The van der Waals surface area contributed by atoms with E-state index in [-0.39, 0.29) is 5.91 Å². The van der Waals surface area contributed by atoms with Gasteiger partial charge in [-0.25, -0.2) is 0 Å². The average Bonchev–Trinajstić information content (AvgIpc) is 3.21. The van der Waals surface area contributed by atoms with Crippen LogP contribution in [0.5, 0.6) is 0 Å². The monoisotopic (exact) mass is 366 g/mol. The highest BCUT2D eigenvalue weighted by Gasteiger charge is 2.28. The van der Waals surface area contributed by atoms with Crippen molar-refractivity contribution in [1.82, 2.24) is 4.90 Å². The van der Waals surface area contributed by atoms with Crippen molar-refractivity contribution in [2.45, 2.75) is 26.2 Å². The molecule has 0 atom stereocenters. The second-order valence-corrected chi connectivity index (χ2v) is 7.65. The summed E-state index contributed by atoms with van der Waals surface area (Å²) < 4.78 is 2.08. The molecule has 0 saturated heterocycles. The van der Waals surface area contributed by atoms with E-state index in [2.05, 4.69) is 22.9 Å². The van der Waals surface area contributed by atoms with Gasteiger partial charge in [0.25, 0.3) is 5.91 Å². The number of hydrogen-bond acceptors (Lipinski definition) is 3. The third-order valence-electron chi connectivity index (χ3n) is 3.84. The Balaban J connectivity index is 1.93. The number of carbonyl (C=O) groups is 1. The van der Waals surface area contributed by atoms with E-state index in [4.69, 9.17) is 5.73 Å². The molecule has 1 saturated carbocycles. The SMILES string of the molecule is CCCN(CC1CC1)C(=O)c1sc2cc(Br)ccc2c1N. The summed E-state index contributed by atoms with van der Waals surface area (Å²) in [6.45, 7) is 3.80. The largest absolute Gasteiger partial charge is 0.397 e. The molecule has 3 nitrogen and oxygen atoms in total. The molecule has 0 spiro atoms. The zero-order chi connectivity index (χ0) is 15.0. The molecule has 1 aromatic carbocycles. The third kappa shape index (κ3) is 3.09. The highest BCUT2D eigenvalue weighted by molar-refractivity contribution is 9.10. The fraction of sp³-hybridized carbons (Fsp3) is 0.438. The Morgan fingerprint density at radius 1 is 1.48 bits per heavy atom. The zero-order valence-electron chi connectivity index (χ0n) is 12.1. The van der Waals surface area contributed by atoms with Crippen molar-refractivity contribution < 1.29 is 4.79 Å². The van der Waals surface area contributed by atoms with Gasteiger partial charge in [-0.15, -0.1) is 11.3 Å². The number of fused-ring (bicyclic) bond motifs is 1. The van der Waals surface area contributed by atoms with Crippen molar-refractivity contribution in [3.63, 3.8) is 0 Å². The lowest BCUT2D eigenvalue weighted by molar-refractivity contribution is 0.0753. The van der Waals surface area contributed by atoms with Crippen LogP contribution in [0.25, 0.3) is 10.1 Å². The molecule has 5 heteroatoms. The topological polar surface area (TPSA) is 46.3 Å². The normalized spacial score (nSPS) is 14.6. The number of thiophene rings is 1. The van der Waals surface area contributed by atoms with Gasteiger partial charge in [-0.05, 0) is 37.3 Å². The van der Waals surface area contributed by atoms with Gasteiger partial charge in [-0.3, -0.25) is 4.79 Å². The van der Waals surface area contributed by atoms with Gasteiger partial charge in [0.15, 0.2) is 0 Å². The molecule has 21 heavy (non-hydrogen) atoms. The number of benzene rings is 1. The first kappa shape index (κ1) is 14.9. The fourth-order valence-corrected chi connectivity index (χ4v) is 4.19. The van der Waals surface area contributed by atoms with Crippen molar-refractivity contribution in [2.75, 3.05) is 18.8 Å². The Kier molecular flexibility index (Phi) is 4.22. The summed E-state index contributed by atoms with van der Waals surface area (Å²) in [6, 6.07) is 5.97. The lowest BCUT2D eigenvalue weighted by atomic mass is 10.2. The number of halogens is 1. The maximum atomic E-state index is 12.8. The highest BCUT2D eigenvalue weighted by Crippen LogP contribution is 2.37. The smallest absolute Gasteiger partial charge is 0.266 e. The molecule has 112 valence electrons. The molecular formula is C16H19BrN2OS. The van der Waals surface area contributed by atoms with Crippen LogP contribution in [0.15, 0.2) is 22.7 Å². The molecule has 1 fully saturated rings. The summed E-state index contributed by atoms with van der Waals surface area (Å²) in [4.78, 5) is 15.5. The summed E-state index contributed by atoms with van der Waals surface area (Å²) in [6.07, 6.45) is 3.49. The van der Waals surface area contributed by atoms with Gasteiger partial charge in [0, 0.05) is 27.6 Å². The first-order valence-electron chi connectivity index (χ1n) is 7.37. The van der Waals surface area contributed by atoms with Gasteiger partial charge >= 0.3 is 0 Å². The van der Waals surface area contributed by atoms with Gasteiger partial charge in [-0.1, -0.05) is 28.9 Å². The Morgan fingerprint density at radius 2 is 2.24 bits per heavy atom. The molecule has 0 unspecified atom stereocenters. The summed E-state index contributed by atoms with van der Waals surface area (Å²) in [5, 5.41) is 0.981. The van der Waals surface area contributed by atoms with Crippen molar-refractivity contribution in [2.24, 2.45) is 5.92 Å². The third-order valence-corrected chi connectivity index (χ3v) is 5.49. The van der Waals surface area contributed by atoms with E-state index in [9.17, 15) is 4.79 Å². The molecule has 1 heterocycles. The number of nitrogens with two attached hydrogens (primary N) is 1. The van der Waals surface area contributed by atoms with Crippen LogP contribution >= 0.6 is 27.3 Å². The summed E-state index contributed by atoms with van der Waals surface area (Å²) in [5.41, 5.74) is 6.85. The molecule has 2 N–H and O–H groups in total. The molecule has 1 aliphatic rings. The molecule has 0 aliphatic heterocycles. The Morgan fingerprint density at radius 3 is 2.90 bits per heavy atom. The van der Waals surface area contributed by atoms with Gasteiger partial charge in [0.1, 0.15) is 4.88 Å². The summed E-state index contributed by atoms with van der Waals surface area (Å²) in [7, 11) is 0. The lowest BCUT2D eigenvalue weighted by Crippen LogP contribution is -2.33. The maximum absolute atomic E-state index is 12.8. The van der Waals surface area contributed by atoms with Gasteiger partial charge < -0.3 is 10.6 Å². The molecule has 2 aromatic rings. The van der Waals surface area contributed by atoms with E-state index < -0.39 is 0 Å². The standard InChI is InChI=1S/C16H19BrN2OS/c1-2-7-19(9-10-3-4-10)16(20)15-14(18)12-6-5-11(17)8-13(12)21-15/h5-6,8,10H,2-4,7,9,18H2,1H3. The van der Waals surface area contributed by atoms with Crippen LogP contribution in [0.4, 0.5) is 5.69 Å². The van der Waals surface area contributed by atoms with E-state index in [1.54, 1.807) is 0 Å². The van der Waals surface area contributed by atoms with E-state index >= 15 is 0 Å². The Hall–Kier alpha value is -1.07. The van der Waals surface area contributed by atoms with E-state index in [1.807, 2.05) is 23.1 Å². The maximum Gasteiger partial charge on any atom is 0.266 e. The van der Waals surface area contributed by atoms with Crippen molar-refractivity contribution in [1.29, 1.82) is 0 Å². The van der Waals surface area contributed by atoms with Crippen molar-refractivity contribution in [3.8, 4) is 0 Å². The fourth-order valence-electron chi connectivity index (χ4n) is 2.55. The number of anilines is 1. The molecule has 0 radical (unpaired) electrons. The minimum Gasteiger partial charge on any atom is -0.397 e. The predicted octanol–water partition coefficient (Wildman–Crippen LogP) is 4.51. The number of rotatable bonds is 5. The number of nitrogen functional groups attached to an aromatic ring is 1. The second kappa shape index (κ2) is 5.97. The van der Waals surface area contributed by atoms with Crippen molar-refractivity contribution in [3.05, 3.63) is 27.5 Å². The number of amides is 1. The van der Waals surface area contributed by atoms with E-state index in [0.29, 0.717) is 16.5 Å². The molecule has 1 amide bonds. The molecule has 1 aromatic heterocycles. The Bertz CT molecular complexity index is 678. The van der Waals surface area contributed by atoms with Crippen LogP contribution in [-0.2, 0) is 0 Å². The minimum absolute atomic E-state index is 0.0959. The van der Waals surface area contributed by atoms with Crippen LogP contribution in [0.1, 0.15) is 35.9 Å². The first-order valence-corrected chi connectivity index (χ1v) is 8.98. The Labute approximate surface area is 137 Å².